The zero-order chi connectivity index (χ0) is 12.3. The predicted molar refractivity (Wildman–Crippen MR) is 65.8 cm³/mol. The first-order chi connectivity index (χ1) is 8.30. The third-order valence-corrected chi connectivity index (χ3v) is 2.68. The fourth-order valence-electron chi connectivity index (χ4n) is 1.75. The van der Waals surface area contributed by atoms with Crippen LogP contribution < -0.4 is 5.73 Å². The van der Waals surface area contributed by atoms with Crippen LogP contribution in [0.25, 0.3) is 5.69 Å². The molecule has 0 aliphatic heterocycles. The van der Waals surface area contributed by atoms with Crippen molar-refractivity contribution in [1.29, 1.82) is 0 Å². The maximum atomic E-state index is 5.72. The number of aryl methyl sites for hydroxylation is 2. The first-order valence-corrected chi connectivity index (χ1v) is 5.88. The van der Waals surface area contributed by atoms with Gasteiger partial charge in [-0.2, -0.15) is 5.10 Å². The van der Waals surface area contributed by atoms with Crippen molar-refractivity contribution < 1.29 is 0 Å². The minimum Gasteiger partial charge on any atom is -0.326 e. The van der Waals surface area contributed by atoms with Crippen LogP contribution in [-0.4, -0.2) is 19.7 Å². The highest BCUT2D eigenvalue weighted by atomic mass is 15.4. The number of pyridine rings is 1. The van der Waals surface area contributed by atoms with Gasteiger partial charge < -0.3 is 5.73 Å². The van der Waals surface area contributed by atoms with Gasteiger partial charge in [0.05, 0.1) is 5.69 Å². The molecule has 2 heterocycles. The molecule has 0 unspecified atom stereocenters. The molecule has 0 aliphatic carbocycles. The molecular weight excluding hydrogens is 214 g/mol. The van der Waals surface area contributed by atoms with Gasteiger partial charge in [-0.1, -0.05) is 13.8 Å². The van der Waals surface area contributed by atoms with Crippen LogP contribution in [-0.2, 0) is 19.4 Å². The van der Waals surface area contributed by atoms with E-state index < -0.39 is 0 Å². The van der Waals surface area contributed by atoms with Crippen molar-refractivity contribution in [3.8, 4) is 5.69 Å². The molecule has 5 heteroatoms. The molecule has 5 nitrogen and oxygen atoms in total. The maximum absolute atomic E-state index is 5.72. The van der Waals surface area contributed by atoms with Crippen molar-refractivity contribution in [2.45, 2.75) is 33.2 Å². The first kappa shape index (κ1) is 11.7. The van der Waals surface area contributed by atoms with Crippen LogP contribution in [0.2, 0.25) is 0 Å². The van der Waals surface area contributed by atoms with Gasteiger partial charge in [0, 0.05) is 37.3 Å². The van der Waals surface area contributed by atoms with Crippen molar-refractivity contribution in [3.05, 3.63) is 35.7 Å². The molecular formula is C12H17N5. The largest absolute Gasteiger partial charge is 0.326 e. The molecule has 0 aliphatic rings. The van der Waals surface area contributed by atoms with E-state index >= 15 is 0 Å². The quantitative estimate of drug-likeness (QED) is 0.859. The van der Waals surface area contributed by atoms with E-state index in [1.54, 1.807) is 12.4 Å². The normalized spacial score (nSPS) is 10.8. The number of rotatable bonds is 4. The number of nitrogens with two attached hydrogens (primary N) is 1. The summed E-state index contributed by atoms with van der Waals surface area (Å²) >= 11 is 0. The van der Waals surface area contributed by atoms with Crippen molar-refractivity contribution >= 4 is 0 Å². The summed E-state index contributed by atoms with van der Waals surface area (Å²) in [6.45, 7) is 4.58. The Bertz CT molecular complexity index is 503. The lowest BCUT2D eigenvalue weighted by molar-refractivity contribution is 0.777. The molecule has 0 atom stereocenters. The maximum Gasteiger partial charge on any atom is 0.151 e. The Morgan fingerprint density at radius 2 is 2.12 bits per heavy atom. The fraction of sp³-hybridized carbons (Fsp3) is 0.417. The molecule has 0 radical (unpaired) electrons. The first-order valence-electron chi connectivity index (χ1n) is 5.88. The molecule has 0 spiro atoms. The molecule has 0 bridgehead atoms. The van der Waals surface area contributed by atoms with E-state index in [1.165, 1.54) is 0 Å². The highest BCUT2D eigenvalue weighted by Crippen LogP contribution is 2.14. The van der Waals surface area contributed by atoms with E-state index in [4.69, 9.17) is 5.73 Å². The lowest BCUT2D eigenvalue weighted by Gasteiger charge is -2.08. The van der Waals surface area contributed by atoms with E-state index in [0.717, 1.165) is 35.7 Å². The van der Waals surface area contributed by atoms with Crippen LogP contribution in [0.1, 0.15) is 31.1 Å². The second-order valence-corrected chi connectivity index (χ2v) is 3.77. The minimum absolute atomic E-state index is 0.452. The average molecular weight is 231 g/mol. The number of aromatic nitrogens is 4. The van der Waals surface area contributed by atoms with Gasteiger partial charge in [-0.15, -0.1) is 0 Å². The van der Waals surface area contributed by atoms with Crippen molar-refractivity contribution in [2.24, 2.45) is 5.73 Å². The molecule has 0 amide bonds. The highest BCUT2D eigenvalue weighted by Gasteiger charge is 2.11. The van der Waals surface area contributed by atoms with E-state index in [2.05, 4.69) is 28.9 Å². The Balaban J connectivity index is 2.54. The zero-order valence-corrected chi connectivity index (χ0v) is 10.2. The van der Waals surface area contributed by atoms with Gasteiger partial charge in [-0.3, -0.25) is 4.98 Å². The summed E-state index contributed by atoms with van der Waals surface area (Å²) < 4.78 is 1.88. The van der Waals surface area contributed by atoms with E-state index in [-0.39, 0.29) is 0 Å². The standard InChI is InChI=1S/C12H17N5/c1-3-11-15-12(4-2)17(16-11)10-5-6-14-8-9(10)7-13/h5-6,8H,3-4,7,13H2,1-2H3. The summed E-state index contributed by atoms with van der Waals surface area (Å²) in [5, 5.41) is 4.50. The molecule has 90 valence electrons. The van der Waals surface area contributed by atoms with Gasteiger partial charge in [-0.05, 0) is 6.07 Å². The molecule has 0 saturated carbocycles. The number of hydrogen-bond donors (Lipinski definition) is 1. The monoisotopic (exact) mass is 231 g/mol. The smallest absolute Gasteiger partial charge is 0.151 e. The van der Waals surface area contributed by atoms with Gasteiger partial charge in [-0.25, -0.2) is 9.67 Å². The van der Waals surface area contributed by atoms with Crippen molar-refractivity contribution in [2.75, 3.05) is 0 Å². The van der Waals surface area contributed by atoms with Crippen LogP contribution in [0.5, 0.6) is 0 Å². The molecule has 2 rings (SSSR count). The number of hydrogen-bond acceptors (Lipinski definition) is 4. The molecule has 17 heavy (non-hydrogen) atoms. The third kappa shape index (κ3) is 2.19. The van der Waals surface area contributed by atoms with E-state index in [9.17, 15) is 0 Å². The van der Waals surface area contributed by atoms with Gasteiger partial charge in [0.2, 0.25) is 0 Å². The Kier molecular flexibility index (Phi) is 3.49. The summed E-state index contributed by atoms with van der Waals surface area (Å²) in [7, 11) is 0. The van der Waals surface area contributed by atoms with Crippen LogP contribution in [0.4, 0.5) is 0 Å². The van der Waals surface area contributed by atoms with Gasteiger partial charge in [0.1, 0.15) is 5.82 Å². The molecule has 0 saturated heterocycles. The fourth-order valence-corrected chi connectivity index (χ4v) is 1.75. The van der Waals surface area contributed by atoms with Crippen LogP contribution in [0.3, 0.4) is 0 Å². The van der Waals surface area contributed by atoms with Crippen LogP contribution in [0, 0.1) is 0 Å². The summed E-state index contributed by atoms with van der Waals surface area (Å²) in [5.74, 6) is 1.82. The lowest BCUT2D eigenvalue weighted by Crippen LogP contribution is -2.08. The van der Waals surface area contributed by atoms with E-state index in [0.29, 0.717) is 6.54 Å². The summed E-state index contributed by atoms with van der Waals surface area (Å²) in [5.41, 5.74) is 7.68. The zero-order valence-electron chi connectivity index (χ0n) is 10.2. The van der Waals surface area contributed by atoms with Gasteiger partial charge in [0.15, 0.2) is 5.82 Å². The third-order valence-electron chi connectivity index (χ3n) is 2.68. The lowest BCUT2D eigenvalue weighted by atomic mass is 10.2. The van der Waals surface area contributed by atoms with Crippen LogP contribution >= 0.6 is 0 Å². The summed E-state index contributed by atoms with van der Waals surface area (Å²) in [6, 6.07) is 1.93. The Morgan fingerprint density at radius 3 is 2.76 bits per heavy atom. The number of nitrogens with zero attached hydrogens (tertiary/aromatic N) is 4. The highest BCUT2D eigenvalue weighted by molar-refractivity contribution is 5.38. The van der Waals surface area contributed by atoms with Crippen LogP contribution in [0.15, 0.2) is 18.5 Å². The Morgan fingerprint density at radius 1 is 1.29 bits per heavy atom. The topological polar surface area (TPSA) is 69.6 Å². The molecule has 2 N–H and O–H groups in total. The summed E-state index contributed by atoms with van der Waals surface area (Å²) in [6.07, 6.45) is 5.21. The second-order valence-electron chi connectivity index (χ2n) is 3.77. The Hall–Kier alpha value is -1.75. The molecule has 0 aromatic carbocycles. The van der Waals surface area contributed by atoms with E-state index in [1.807, 2.05) is 10.7 Å². The van der Waals surface area contributed by atoms with Crippen molar-refractivity contribution in [3.63, 3.8) is 0 Å². The van der Waals surface area contributed by atoms with Gasteiger partial charge >= 0.3 is 0 Å². The predicted octanol–water partition coefficient (Wildman–Crippen LogP) is 1.25. The second kappa shape index (κ2) is 5.05. The summed E-state index contributed by atoms with van der Waals surface area (Å²) in [4.78, 5) is 8.57. The Labute approximate surface area is 101 Å². The molecule has 2 aromatic rings. The van der Waals surface area contributed by atoms with Gasteiger partial charge in [0.25, 0.3) is 0 Å². The minimum atomic E-state index is 0.452. The van der Waals surface area contributed by atoms with Crippen molar-refractivity contribution in [1.82, 2.24) is 19.7 Å². The molecule has 2 aromatic heterocycles. The SMILES string of the molecule is CCc1nc(CC)n(-c2ccncc2CN)n1. The average Bonchev–Trinajstić information content (AvgIpc) is 2.81. The molecule has 0 fully saturated rings.